The molecular weight excluding hydrogens is 559 g/mol. The van der Waals surface area contributed by atoms with Crippen LogP contribution in [-0.4, -0.2) is 14.1 Å². The van der Waals surface area contributed by atoms with E-state index in [1.807, 2.05) is 0 Å². The van der Waals surface area contributed by atoms with Gasteiger partial charge in [0, 0.05) is 38.6 Å². The minimum Gasteiger partial charge on any atom is -0.379 e. The molecule has 0 N–H and O–H groups in total. The molecule has 0 aliphatic carbocycles. The number of fused-ring (bicyclic) bond motifs is 8. The fraction of sp³-hybridized carbons (Fsp3) is 0.143. The Balaban J connectivity index is 0.00000231. The van der Waals surface area contributed by atoms with E-state index in [-0.39, 0.29) is 21.1 Å². The maximum atomic E-state index is 3.67. The molecule has 3 heteroatoms. The summed E-state index contributed by atoms with van der Waals surface area (Å²) in [6.07, 6.45) is 0. The van der Waals surface area contributed by atoms with Crippen LogP contribution in [0, 0.1) is 12.1 Å². The molecule has 0 amide bonds. The van der Waals surface area contributed by atoms with E-state index in [4.69, 9.17) is 0 Å². The second-order valence-electron chi connectivity index (χ2n) is 7.93. The van der Waals surface area contributed by atoms with Crippen molar-refractivity contribution >= 4 is 11.4 Å². The summed E-state index contributed by atoms with van der Waals surface area (Å²) in [5.74, 6) is 0. The van der Waals surface area contributed by atoms with Gasteiger partial charge < -0.3 is 9.80 Å². The molecule has 0 atom stereocenters. The first-order valence-electron chi connectivity index (χ1n) is 10.3. The first-order valence-corrected chi connectivity index (χ1v) is 10.3. The molecule has 1 heterocycles. The number of nitrogens with zero attached hydrogens (tertiary/aromatic N) is 2. The summed E-state index contributed by atoms with van der Waals surface area (Å²) < 4.78 is 0. The molecule has 0 radical (unpaired) electrons. The van der Waals surface area contributed by atoms with Gasteiger partial charge in [-0.25, -0.2) is 0 Å². The summed E-state index contributed by atoms with van der Waals surface area (Å²) in [6, 6.07) is 37.4. The van der Waals surface area contributed by atoms with Crippen LogP contribution >= 0.6 is 0 Å². The number of hydrogen-bond donors (Lipinski definition) is 0. The third-order valence-corrected chi connectivity index (χ3v) is 5.74. The predicted octanol–water partition coefficient (Wildman–Crippen LogP) is 6.20. The van der Waals surface area contributed by atoms with Gasteiger partial charge >= 0.3 is 21.1 Å². The molecule has 4 aromatic rings. The zero-order chi connectivity index (χ0) is 20.5. The van der Waals surface area contributed by atoms with Crippen molar-refractivity contribution in [2.24, 2.45) is 0 Å². The van der Waals surface area contributed by atoms with Gasteiger partial charge in [0.15, 0.2) is 0 Å². The molecule has 1 aliphatic heterocycles. The van der Waals surface area contributed by atoms with Crippen LogP contribution in [0.25, 0.3) is 22.3 Å². The largest absolute Gasteiger partial charge is 4.00 e. The first-order chi connectivity index (χ1) is 14.7. The topological polar surface area (TPSA) is 6.48 Å². The van der Waals surface area contributed by atoms with Crippen LogP contribution < -0.4 is 9.80 Å². The molecule has 0 saturated carbocycles. The van der Waals surface area contributed by atoms with Crippen molar-refractivity contribution in [3.05, 3.63) is 108 Å². The average molecular weight is 584 g/mol. The normalized spacial score (nSPS) is 12.8. The van der Waals surface area contributed by atoms with E-state index in [2.05, 4.69) is 121 Å². The Morgan fingerprint density at radius 1 is 0.548 bits per heavy atom. The monoisotopic (exact) mass is 583 g/mol. The molecule has 0 fully saturated rings. The van der Waals surface area contributed by atoms with Crippen molar-refractivity contribution in [3.63, 3.8) is 0 Å². The average Bonchev–Trinajstić information content (AvgIpc) is 2.79. The first kappa shape index (κ1) is 21.4. The summed E-state index contributed by atoms with van der Waals surface area (Å²) in [7, 11) is 4.30. The standard InChI is InChI=1S/C28H24N2.Pt/c1-29-19-21-9-7-12-24(17-21)26-14-4-6-16-28(26)30(2)20-22-10-8-11-23(18-22)25-13-3-5-15-27(25)29;/h3-16H,19-20H2,1-2H3;/q-2;+4. The maximum Gasteiger partial charge on any atom is 4.00 e. The van der Waals surface area contributed by atoms with E-state index in [9.17, 15) is 0 Å². The second-order valence-corrected chi connectivity index (χ2v) is 7.93. The van der Waals surface area contributed by atoms with E-state index in [1.54, 1.807) is 0 Å². The van der Waals surface area contributed by atoms with Gasteiger partial charge in [0.25, 0.3) is 0 Å². The van der Waals surface area contributed by atoms with Crippen molar-refractivity contribution in [1.82, 2.24) is 0 Å². The molecule has 0 aromatic heterocycles. The van der Waals surface area contributed by atoms with Crippen LogP contribution in [0.15, 0.2) is 84.9 Å². The fourth-order valence-electron chi connectivity index (χ4n) is 4.28. The van der Waals surface area contributed by atoms with Crippen LogP contribution in [0.1, 0.15) is 11.1 Å². The minimum atomic E-state index is 0. The molecule has 31 heavy (non-hydrogen) atoms. The van der Waals surface area contributed by atoms with Gasteiger partial charge in [-0.2, -0.15) is 0 Å². The van der Waals surface area contributed by atoms with Gasteiger partial charge in [-0.1, -0.05) is 47.5 Å². The van der Waals surface area contributed by atoms with E-state index >= 15 is 0 Å². The number of hydrogen-bond acceptors (Lipinski definition) is 2. The van der Waals surface area contributed by atoms with E-state index in [0.29, 0.717) is 0 Å². The molecule has 4 bridgehead atoms. The SMILES string of the molecule is CN1Cc2[c-]c(ccc2)-c2ccccc2N(C)Cc2[c-]c(ccc2)-c2ccccc21.[Pt+4]. The molecular formula is C28H24N2Pt+2. The van der Waals surface area contributed by atoms with Gasteiger partial charge in [0.2, 0.25) is 0 Å². The Morgan fingerprint density at radius 3 is 1.42 bits per heavy atom. The summed E-state index contributed by atoms with van der Waals surface area (Å²) >= 11 is 0. The van der Waals surface area contributed by atoms with Gasteiger partial charge in [-0.05, 0) is 12.1 Å². The van der Waals surface area contributed by atoms with Gasteiger partial charge in [-0.15, -0.1) is 70.8 Å². The smallest absolute Gasteiger partial charge is 0.379 e. The predicted molar refractivity (Wildman–Crippen MR) is 126 cm³/mol. The Bertz CT molecular complexity index is 1110. The summed E-state index contributed by atoms with van der Waals surface area (Å²) in [6.45, 7) is 1.59. The number of anilines is 2. The third-order valence-electron chi connectivity index (χ3n) is 5.74. The zero-order valence-corrected chi connectivity index (χ0v) is 20.0. The van der Waals surface area contributed by atoms with Crippen LogP contribution in [0.2, 0.25) is 0 Å². The fourth-order valence-corrected chi connectivity index (χ4v) is 4.28. The third kappa shape index (κ3) is 4.31. The molecule has 4 aromatic carbocycles. The van der Waals surface area contributed by atoms with Crippen LogP contribution in [-0.2, 0) is 34.2 Å². The number of rotatable bonds is 0. The summed E-state index contributed by atoms with van der Waals surface area (Å²) in [5.41, 5.74) is 9.44. The van der Waals surface area contributed by atoms with Gasteiger partial charge in [-0.3, -0.25) is 0 Å². The molecule has 154 valence electrons. The Labute approximate surface area is 199 Å². The van der Waals surface area contributed by atoms with Crippen molar-refractivity contribution in [2.45, 2.75) is 13.1 Å². The van der Waals surface area contributed by atoms with Gasteiger partial charge in [0.05, 0.1) is 0 Å². The van der Waals surface area contributed by atoms with Crippen LogP contribution in [0.5, 0.6) is 0 Å². The Kier molecular flexibility index (Phi) is 6.30. The van der Waals surface area contributed by atoms with Gasteiger partial charge in [0.1, 0.15) is 0 Å². The summed E-state index contributed by atoms with van der Waals surface area (Å²) in [4.78, 5) is 4.60. The number of para-hydroxylation sites is 2. The molecule has 5 rings (SSSR count). The van der Waals surface area contributed by atoms with Crippen molar-refractivity contribution < 1.29 is 21.1 Å². The molecule has 0 spiro atoms. The van der Waals surface area contributed by atoms with Crippen molar-refractivity contribution in [2.75, 3.05) is 23.9 Å². The van der Waals surface area contributed by atoms with E-state index < -0.39 is 0 Å². The van der Waals surface area contributed by atoms with Crippen LogP contribution in [0.4, 0.5) is 11.4 Å². The molecule has 0 unspecified atom stereocenters. The zero-order valence-electron chi connectivity index (χ0n) is 17.7. The number of benzene rings is 4. The quantitative estimate of drug-likeness (QED) is 0.228. The Hall–Kier alpha value is -2.83. The van der Waals surface area contributed by atoms with Crippen LogP contribution in [0.3, 0.4) is 0 Å². The Morgan fingerprint density at radius 2 is 0.968 bits per heavy atom. The van der Waals surface area contributed by atoms with E-state index in [1.165, 1.54) is 33.6 Å². The van der Waals surface area contributed by atoms with Crippen molar-refractivity contribution in [1.29, 1.82) is 0 Å². The van der Waals surface area contributed by atoms with E-state index in [0.717, 1.165) is 24.2 Å². The second kappa shape index (κ2) is 9.12. The van der Waals surface area contributed by atoms with Crippen molar-refractivity contribution in [3.8, 4) is 22.3 Å². The molecule has 1 aliphatic rings. The summed E-state index contributed by atoms with van der Waals surface area (Å²) in [5, 5.41) is 0. The molecule has 2 nitrogen and oxygen atoms in total. The minimum absolute atomic E-state index is 0. The maximum absolute atomic E-state index is 3.67. The molecule has 0 saturated heterocycles.